The van der Waals surface area contributed by atoms with Gasteiger partial charge in [0.25, 0.3) is 0 Å². The van der Waals surface area contributed by atoms with Gasteiger partial charge >= 0.3 is 0 Å². The van der Waals surface area contributed by atoms with Gasteiger partial charge in [0.15, 0.2) is 0 Å². The summed E-state index contributed by atoms with van der Waals surface area (Å²) in [6, 6.07) is 50.4. The molecule has 0 fully saturated rings. The smallest absolute Gasteiger partial charge is 0.121 e. The summed E-state index contributed by atoms with van der Waals surface area (Å²) in [6.45, 7) is 16.7. The first-order valence-corrected chi connectivity index (χ1v) is 28.8. The third-order valence-electron chi connectivity index (χ3n) is 13.8. The van der Waals surface area contributed by atoms with E-state index in [1.165, 1.54) is 75.5 Å². The molecule has 3 aromatic heterocycles. The molecular weight excluding hydrogens is 1070 g/mol. The number of hydrogen-bond donors (Lipinski definition) is 0. The van der Waals surface area contributed by atoms with Crippen molar-refractivity contribution in [2.24, 2.45) is 5.92 Å². The van der Waals surface area contributed by atoms with Gasteiger partial charge in [-0.05, 0) is 136 Å². The topological polar surface area (TPSA) is 43.9 Å². The van der Waals surface area contributed by atoms with Crippen LogP contribution in [0, 0.1) is 24.9 Å². The molecule has 0 unspecified atom stereocenters. The van der Waals surface area contributed by atoms with Gasteiger partial charge in [-0.1, -0.05) is 163 Å². The molecule has 7 aromatic carbocycles. The number of benzene rings is 7. The number of nitrogens with zero attached hydrogens (tertiary/aromatic N) is 3. The number of furan rings is 1. The van der Waals surface area contributed by atoms with Gasteiger partial charge in [-0.15, -0.1) is 53.5 Å². The van der Waals surface area contributed by atoms with Crippen molar-refractivity contribution in [2.45, 2.75) is 112 Å². The van der Waals surface area contributed by atoms with E-state index in [9.17, 15) is 0 Å². The first-order valence-electron chi connectivity index (χ1n) is 28.8. The molecule has 0 saturated heterocycles. The van der Waals surface area contributed by atoms with E-state index < -0.39 is 21.3 Å². The Hall–Kier alpha value is -6.17. The zero-order chi connectivity index (χ0) is 55.6. The van der Waals surface area contributed by atoms with Crippen LogP contribution < -0.4 is 5.19 Å². The van der Waals surface area contributed by atoms with E-state index in [1.54, 1.807) is 12.3 Å². The number of rotatable bonds is 10. The van der Waals surface area contributed by atoms with Crippen LogP contribution in [0.1, 0.15) is 109 Å². The van der Waals surface area contributed by atoms with Crippen molar-refractivity contribution in [1.82, 2.24) is 14.5 Å². The van der Waals surface area contributed by atoms with Gasteiger partial charge < -0.3 is 14.0 Å². The second kappa shape index (κ2) is 21.1. The molecule has 0 amide bonds. The number of imidazole rings is 1. The van der Waals surface area contributed by atoms with E-state index in [0.717, 1.165) is 56.0 Å². The van der Waals surface area contributed by atoms with Crippen molar-refractivity contribution in [3.63, 3.8) is 0 Å². The molecule has 0 saturated carbocycles. The van der Waals surface area contributed by atoms with Crippen LogP contribution in [0.4, 0.5) is 0 Å². The van der Waals surface area contributed by atoms with E-state index in [1.807, 2.05) is 19.9 Å². The molecule has 0 spiro atoms. The van der Waals surface area contributed by atoms with Gasteiger partial charge in [0.1, 0.15) is 5.58 Å². The van der Waals surface area contributed by atoms with Crippen molar-refractivity contribution in [3.05, 3.63) is 191 Å². The number of aryl methyl sites for hydroxylation is 1. The van der Waals surface area contributed by atoms with E-state index in [4.69, 9.17) is 19.0 Å². The largest absolute Gasteiger partial charge is 0.501 e. The van der Waals surface area contributed by atoms with Gasteiger partial charge in [0, 0.05) is 47.0 Å². The third-order valence-corrected chi connectivity index (χ3v) is 15.8. The third kappa shape index (κ3) is 10.1. The van der Waals surface area contributed by atoms with Crippen molar-refractivity contribution >= 4 is 46.2 Å². The van der Waals surface area contributed by atoms with E-state index in [2.05, 4.69) is 178 Å². The van der Waals surface area contributed by atoms with Crippen molar-refractivity contribution in [1.29, 1.82) is 0 Å². The molecule has 3 heterocycles. The Labute approximate surface area is 452 Å². The maximum Gasteiger partial charge on any atom is 0.121 e. The van der Waals surface area contributed by atoms with Crippen LogP contribution >= 0.6 is 0 Å². The van der Waals surface area contributed by atoms with Gasteiger partial charge in [-0.25, -0.2) is 0 Å². The number of hydrogen-bond acceptors (Lipinski definition) is 3. The molecule has 0 N–H and O–H groups in total. The molecule has 1 aliphatic rings. The molecular formula is C66H67IrN3OSi-2. The van der Waals surface area contributed by atoms with Crippen molar-refractivity contribution < 1.29 is 34.1 Å². The monoisotopic (exact) mass is 1150 g/mol. The maximum absolute atomic E-state index is 8.60. The maximum atomic E-state index is 8.60. The minimum Gasteiger partial charge on any atom is -0.501 e. The normalized spacial score (nSPS) is 14.5. The fourth-order valence-corrected chi connectivity index (χ4v) is 11.7. The Morgan fingerprint density at radius 3 is 2.24 bits per heavy atom. The van der Waals surface area contributed by atoms with Gasteiger partial charge in [0.2, 0.25) is 0 Å². The van der Waals surface area contributed by atoms with Gasteiger partial charge in [-0.3, -0.25) is 4.98 Å². The first-order chi connectivity index (χ1) is 37.0. The fraction of sp³-hybridized carbons (Fsp3) is 0.273. The minimum atomic E-state index is -2.56. The average Bonchev–Trinajstić information content (AvgIpc) is 4.17. The van der Waals surface area contributed by atoms with Crippen LogP contribution in [0.2, 0.25) is 19.6 Å². The van der Waals surface area contributed by atoms with E-state index in [-0.39, 0.29) is 55.5 Å². The molecule has 1 aliphatic carbocycles. The fourth-order valence-electron chi connectivity index (χ4n) is 10.3. The van der Waals surface area contributed by atoms with Crippen LogP contribution in [0.15, 0.2) is 150 Å². The molecule has 0 aliphatic heterocycles. The van der Waals surface area contributed by atoms with Crippen LogP contribution in [-0.4, -0.2) is 22.6 Å². The van der Waals surface area contributed by atoms with E-state index in [0.29, 0.717) is 16.8 Å². The predicted molar refractivity (Wildman–Crippen MR) is 303 cm³/mol. The van der Waals surface area contributed by atoms with Crippen LogP contribution in [0.3, 0.4) is 0 Å². The first kappa shape index (κ1) is 42.3. The molecule has 72 heavy (non-hydrogen) atoms. The summed E-state index contributed by atoms with van der Waals surface area (Å²) in [7, 11) is -1.87. The molecule has 0 atom stereocenters. The molecule has 4 nitrogen and oxygen atoms in total. The zero-order valence-corrected chi connectivity index (χ0v) is 46.2. The van der Waals surface area contributed by atoms with Crippen LogP contribution in [0.5, 0.6) is 0 Å². The van der Waals surface area contributed by atoms with Gasteiger partial charge in [-0.2, -0.15) is 0 Å². The molecule has 0 bridgehead atoms. The number of pyridine rings is 1. The molecule has 11 rings (SSSR count). The summed E-state index contributed by atoms with van der Waals surface area (Å²) >= 11 is 0. The average molecular weight is 1150 g/mol. The standard InChI is InChI=1S/C47H41N2O.C19H26NSi.Ir/c1-29(2)40-26-34(31-14-6-5-7-15-31)27-41(30(3)4)45(40)49-43-23-11-10-22-42(43)48-47(49)39-21-13-20-38-37-25-24-33(28-44(37)50-46(38)39)36-19-12-17-32-16-8-9-18-35(32)36;1-14(2)11-17-12-18(16-9-7-15(3)8-10-16)20-13-19(17)21(4,5)6;/h5-7,10-15,17,19-20,22-30H,8-9,16,18H2,1-4H3;7-9,12-14H,11H2,1-6H3;/q2*-1;/i;3D3,7D,8D,11D2;. The quantitative estimate of drug-likeness (QED) is 0.101. The SMILES string of the molecule is CC(C)c1cc(-c2ccccc2)cc(C(C)C)c1-n1c(-c2[c-]ccc3c2oc2cc(-c4cccc5c4CCCC5)ccc23)nc2ccccc21.[2H]c1[c-]c(-c2cc(C([2H])([2H])C(C)C)c([Si](C)(C)C)cn2)cc([2H])c1C([2H])([2H])[2H].[Ir]. The Morgan fingerprint density at radius 1 is 0.764 bits per heavy atom. The molecule has 10 aromatic rings. The summed E-state index contributed by atoms with van der Waals surface area (Å²) in [6.07, 6.45) is 4.96. The van der Waals surface area contributed by atoms with Crippen LogP contribution in [0.25, 0.3) is 83.6 Å². The Bertz CT molecular complexity index is 3840. The summed E-state index contributed by atoms with van der Waals surface area (Å²) in [5.74, 6) is 1.17. The predicted octanol–water partition coefficient (Wildman–Crippen LogP) is 17.5. The Morgan fingerprint density at radius 2 is 1.51 bits per heavy atom. The summed E-state index contributed by atoms with van der Waals surface area (Å²) in [5.41, 5.74) is 17.4. The zero-order valence-electron chi connectivity index (χ0n) is 49.8. The molecule has 1 radical (unpaired) electrons. The molecule has 367 valence electrons. The second-order valence-corrected chi connectivity index (χ2v) is 26.0. The van der Waals surface area contributed by atoms with Gasteiger partial charge in [0.05, 0.1) is 30.5 Å². The van der Waals surface area contributed by atoms with E-state index >= 15 is 0 Å². The van der Waals surface area contributed by atoms with Crippen LogP contribution in [-0.2, 0) is 39.3 Å². The van der Waals surface area contributed by atoms with Crippen molar-refractivity contribution in [3.8, 4) is 50.6 Å². The Balaban J connectivity index is 0.000000223. The number of fused-ring (bicyclic) bond motifs is 5. The second-order valence-electron chi connectivity index (χ2n) is 21.0. The Kier molecular flexibility index (Phi) is 12.4. The van der Waals surface area contributed by atoms with Crippen molar-refractivity contribution in [2.75, 3.05) is 0 Å². The minimum absolute atomic E-state index is 0. The summed E-state index contributed by atoms with van der Waals surface area (Å²) in [5, 5.41) is 3.12. The summed E-state index contributed by atoms with van der Waals surface area (Å²) < 4.78 is 65.0. The summed E-state index contributed by atoms with van der Waals surface area (Å²) in [4.78, 5) is 9.80. The number of aromatic nitrogens is 3. The molecule has 6 heteroatoms. The number of para-hydroxylation sites is 2.